The van der Waals surface area contributed by atoms with Crippen molar-refractivity contribution in [1.82, 2.24) is 0 Å². The Hall–Kier alpha value is -0.260. The number of rotatable bonds is 0. The van der Waals surface area contributed by atoms with Crippen molar-refractivity contribution in [3.05, 3.63) is 12.2 Å². The van der Waals surface area contributed by atoms with E-state index in [-0.39, 0.29) is 0 Å². The topological polar surface area (TPSA) is 0 Å². The van der Waals surface area contributed by atoms with E-state index < -0.39 is 0 Å². The van der Waals surface area contributed by atoms with Gasteiger partial charge in [-0.3, -0.25) is 0 Å². The van der Waals surface area contributed by atoms with Crippen LogP contribution in [0.1, 0.15) is 32.1 Å². The maximum Gasteiger partial charge on any atom is -0.0260 e. The maximum absolute atomic E-state index is 2.36. The number of hydrogen-bond acceptors (Lipinski definition) is 0. The van der Waals surface area contributed by atoms with Crippen LogP contribution in [-0.2, 0) is 0 Å². The van der Waals surface area contributed by atoms with E-state index >= 15 is 0 Å². The van der Waals surface area contributed by atoms with Gasteiger partial charge < -0.3 is 0 Å². The summed E-state index contributed by atoms with van der Waals surface area (Å²) < 4.78 is 0. The molecule has 44 valence electrons. The highest BCUT2D eigenvalue weighted by molar-refractivity contribution is 5.04. The minimum atomic E-state index is 0.842. The lowest BCUT2D eigenvalue weighted by atomic mass is 9.92. The zero-order chi connectivity index (χ0) is 5.45. The highest BCUT2D eigenvalue weighted by atomic mass is 14.5. The highest BCUT2D eigenvalue weighted by Crippen LogP contribution is 2.54. The van der Waals surface area contributed by atoms with Gasteiger partial charge in [0.1, 0.15) is 0 Å². The van der Waals surface area contributed by atoms with Crippen molar-refractivity contribution < 1.29 is 0 Å². The molecule has 2 aliphatic carbocycles. The van der Waals surface area contributed by atoms with Gasteiger partial charge in [-0.2, -0.15) is 0 Å². The lowest BCUT2D eigenvalue weighted by molar-refractivity contribution is 0.460. The third kappa shape index (κ3) is 0.594. The Morgan fingerprint density at radius 2 is 1.88 bits per heavy atom. The molecule has 0 aromatic carbocycles. The fourth-order valence-corrected chi connectivity index (χ4v) is 1.57. The zero-order valence-electron chi connectivity index (χ0n) is 5.19. The SMILES string of the molecule is C1=CCC2(CC1)CC2. The lowest BCUT2D eigenvalue weighted by Gasteiger charge is -2.14. The average molecular weight is 108 g/mol. The molecular formula is C8H12. The van der Waals surface area contributed by atoms with Crippen LogP contribution in [0.4, 0.5) is 0 Å². The second kappa shape index (κ2) is 1.37. The molecule has 0 bridgehead atoms. The van der Waals surface area contributed by atoms with Gasteiger partial charge >= 0.3 is 0 Å². The minimum Gasteiger partial charge on any atom is -0.0885 e. The van der Waals surface area contributed by atoms with Crippen molar-refractivity contribution >= 4 is 0 Å². The summed E-state index contributed by atoms with van der Waals surface area (Å²) in [5.74, 6) is 0. The van der Waals surface area contributed by atoms with Gasteiger partial charge in [0.25, 0.3) is 0 Å². The fraction of sp³-hybridized carbons (Fsp3) is 0.750. The second-order valence-corrected chi connectivity index (χ2v) is 3.21. The first kappa shape index (κ1) is 4.60. The van der Waals surface area contributed by atoms with E-state index in [1.807, 2.05) is 0 Å². The summed E-state index contributed by atoms with van der Waals surface area (Å²) in [5.41, 5.74) is 0.842. The predicted octanol–water partition coefficient (Wildman–Crippen LogP) is 2.51. The number of allylic oxidation sites excluding steroid dienone is 2. The van der Waals surface area contributed by atoms with Crippen molar-refractivity contribution in [2.45, 2.75) is 32.1 Å². The highest BCUT2D eigenvalue weighted by Gasteiger charge is 2.41. The van der Waals surface area contributed by atoms with Gasteiger partial charge in [-0.05, 0) is 37.5 Å². The molecule has 1 saturated carbocycles. The van der Waals surface area contributed by atoms with E-state index in [0.29, 0.717) is 0 Å². The molecule has 8 heavy (non-hydrogen) atoms. The predicted molar refractivity (Wildman–Crippen MR) is 34.7 cm³/mol. The third-order valence-corrected chi connectivity index (χ3v) is 2.52. The van der Waals surface area contributed by atoms with Crippen LogP contribution >= 0.6 is 0 Å². The molecule has 0 unspecified atom stereocenters. The second-order valence-electron chi connectivity index (χ2n) is 3.21. The Kier molecular flexibility index (Phi) is 0.787. The van der Waals surface area contributed by atoms with Crippen molar-refractivity contribution in [2.75, 3.05) is 0 Å². The van der Waals surface area contributed by atoms with E-state index in [1.54, 1.807) is 0 Å². The molecular weight excluding hydrogens is 96.1 g/mol. The molecule has 0 radical (unpaired) electrons. The van der Waals surface area contributed by atoms with Crippen molar-refractivity contribution in [1.29, 1.82) is 0 Å². The molecule has 0 heteroatoms. The van der Waals surface area contributed by atoms with Gasteiger partial charge in [-0.1, -0.05) is 12.2 Å². The largest absolute Gasteiger partial charge is 0.0885 e. The van der Waals surface area contributed by atoms with Gasteiger partial charge in [-0.25, -0.2) is 0 Å². The molecule has 2 rings (SSSR count). The first-order valence-corrected chi connectivity index (χ1v) is 3.56. The van der Waals surface area contributed by atoms with Gasteiger partial charge in [0.2, 0.25) is 0 Å². The molecule has 0 aromatic rings. The van der Waals surface area contributed by atoms with E-state index in [4.69, 9.17) is 0 Å². The standard InChI is InChI=1S/C8H12/c1-2-4-8(5-3-1)6-7-8/h1-2H,3-7H2. The summed E-state index contributed by atoms with van der Waals surface area (Å²) in [6.07, 6.45) is 11.9. The fourth-order valence-electron chi connectivity index (χ4n) is 1.57. The Morgan fingerprint density at radius 1 is 1.00 bits per heavy atom. The van der Waals surface area contributed by atoms with E-state index in [9.17, 15) is 0 Å². The van der Waals surface area contributed by atoms with Gasteiger partial charge in [0.15, 0.2) is 0 Å². The smallest absolute Gasteiger partial charge is 0.0260 e. The van der Waals surface area contributed by atoms with Gasteiger partial charge in [0, 0.05) is 0 Å². The van der Waals surface area contributed by atoms with E-state index in [2.05, 4.69) is 12.2 Å². The molecule has 0 aliphatic heterocycles. The van der Waals surface area contributed by atoms with Crippen LogP contribution < -0.4 is 0 Å². The molecule has 0 atom stereocenters. The van der Waals surface area contributed by atoms with Crippen LogP contribution in [-0.4, -0.2) is 0 Å². The molecule has 1 fully saturated rings. The summed E-state index contributed by atoms with van der Waals surface area (Å²) in [6.45, 7) is 0. The Labute approximate surface area is 50.6 Å². The van der Waals surface area contributed by atoms with Crippen LogP contribution in [0.15, 0.2) is 12.2 Å². The Balaban J connectivity index is 2.08. The third-order valence-electron chi connectivity index (χ3n) is 2.52. The monoisotopic (exact) mass is 108 g/mol. The summed E-state index contributed by atoms with van der Waals surface area (Å²) >= 11 is 0. The van der Waals surface area contributed by atoms with Crippen LogP contribution in [0.3, 0.4) is 0 Å². The normalized spacial score (nSPS) is 31.0. The van der Waals surface area contributed by atoms with E-state index in [1.165, 1.54) is 32.1 Å². The van der Waals surface area contributed by atoms with Crippen LogP contribution in [0, 0.1) is 5.41 Å². The Bertz CT molecular complexity index is 118. The molecule has 0 amide bonds. The molecule has 0 N–H and O–H groups in total. The molecule has 0 saturated heterocycles. The molecule has 2 aliphatic rings. The first-order valence-electron chi connectivity index (χ1n) is 3.56. The average Bonchev–Trinajstić information content (AvgIpc) is 2.52. The molecule has 0 heterocycles. The molecule has 0 aromatic heterocycles. The summed E-state index contributed by atoms with van der Waals surface area (Å²) in [7, 11) is 0. The van der Waals surface area contributed by atoms with E-state index in [0.717, 1.165) is 5.41 Å². The minimum absolute atomic E-state index is 0.842. The maximum atomic E-state index is 2.36. The summed E-state index contributed by atoms with van der Waals surface area (Å²) in [4.78, 5) is 0. The van der Waals surface area contributed by atoms with Gasteiger partial charge in [0.05, 0.1) is 0 Å². The lowest BCUT2D eigenvalue weighted by Crippen LogP contribution is -2.00. The Morgan fingerprint density at radius 3 is 2.25 bits per heavy atom. The van der Waals surface area contributed by atoms with Crippen molar-refractivity contribution in [2.24, 2.45) is 5.41 Å². The summed E-state index contributed by atoms with van der Waals surface area (Å²) in [5, 5.41) is 0. The molecule has 1 spiro atoms. The first-order chi connectivity index (χ1) is 3.91. The van der Waals surface area contributed by atoms with Crippen LogP contribution in [0.25, 0.3) is 0 Å². The van der Waals surface area contributed by atoms with Crippen molar-refractivity contribution in [3.63, 3.8) is 0 Å². The zero-order valence-corrected chi connectivity index (χ0v) is 5.19. The van der Waals surface area contributed by atoms with Gasteiger partial charge in [-0.15, -0.1) is 0 Å². The van der Waals surface area contributed by atoms with Crippen molar-refractivity contribution in [3.8, 4) is 0 Å². The number of hydrogen-bond donors (Lipinski definition) is 0. The quantitative estimate of drug-likeness (QED) is 0.418. The van der Waals surface area contributed by atoms with Crippen LogP contribution in [0.2, 0.25) is 0 Å². The molecule has 0 nitrogen and oxygen atoms in total. The summed E-state index contributed by atoms with van der Waals surface area (Å²) in [6, 6.07) is 0. The van der Waals surface area contributed by atoms with Crippen LogP contribution in [0.5, 0.6) is 0 Å².